The highest BCUT2D eigenvalue weighted by Crippen LogP contribution is 2.28. The molecule has 0 aliphatic rings. The molecule has 0 spiro atoms. The maximum absolute atomic E-state index is 11.9. The fourth-order valence-electron chi connectivity index (χ4n) is 1.51. The molecule has 1 heterocycles. The third-order valence-corrected chi connectivity index (χ3v) is 2.72. The van der Waals surface area contributed by atoms with Crippen molar-refractivity contribution in [1.29, 1.82) is 0 Å². The molecule has 2 aromatic rings. The Hall–Kier alpha value is -1.73. The molecule has 0 aliphatic heterocycles. The molecular formula is C12H12ClF2N3O2. The smallest absolute Gasteiger partial charge is 0.261 e. The number of halogens is 3. The number of hydrogen-bond donors (Lipinski definition) is 1. The molecule has 0 unspecified atom stereocenters. The van der Waals surface area contributed by atoms with Gasteiger partial charge in [0.15, 0.2) is 5.82 Å². The molecule has 5 nitrogen and oxygen atoms in total. The lowest BCUT2D eigenvalue weighted by molar-refractivity contribution is 0.0182. The summed E-state index contributed by atoms with van der Waals surface area (Å²) in [4.78, 5) is 4.12. The zero-order valence-electron chi connectivity index (χ0n) is 10.4. The Morgan fingerprint density at radius 1 is 1.40 bits per heavy atom. The Balaban J connectivity index is 1.98. The van der Waals surface area contributed by atoms with Crippen molar-refractivity contribution in [1.82, 2.24) is 10.1 Å². The summed E-state index contributed by atoms with van der Waals surface area (Å²) in [5.41, 5.74) is 6.68. The molecule has 0 saturated heterocycles. The molecule has 0 aliphatic carbocycles. The maximum Gasteiger partial charge on any atom is 0.261 e. The Morgan fingerprint density at radius 2 is 2.20 bits per heavy atom. The van der Waals surface area contributed by atoms with Crippen molar-refractivity contribution in [2.75, 3.05) is 18.9 Å². The van der Waals surface area contributed by atoms with E-state index in [2.05, 4.69) is 10.1 Å². The number of nitrogens with two attached hydrogens (primary N) is 1. The molecule has 2 rings (SSSR count). The Bertz CT molecular complexity index is 578. The number of nitrogens with zero attached hydrogens (tertiary/aromatic N) is 2. The number of aromatic nitrogens is 2. The lowest BCUT2D eigenvalue weighted by atomic mass is 10.2. The van der Waals surface area contributed by atoms with Gasteiger partial charge in [-0.05, 0) is 18.2 Å². The van der Waals surface area contributed by atoms with E-state index in [1.54, 1.807) is 18.2 Å². The third-order valence-electron chi connectivity index (χ3n) is 2.41. The second-order valence-corrected chi connectivity index (χ2v) is 4.38. The molecule has 20 heavy (non-hydrogen) atoms. The minimum absolute atomic E-state index is 0.0960. The molecular weight excluding hydrogens is 292 g/mol. The zero-order valence-corrected chi connectivity index (χ0v) is 11.1. The van der Waals surface area contributed by atoms with E-state index in [4.69, 9.17) is 26.6 Å². The van der Waals surface area contributed by atoms with Crippen LogP contribution in [-0.4, -0.2) is 29.8 Å². The first kappa shape index (κ1) is 14.7. The first-order valence-electron chi connectivity index (χ1n) is 5.80. The minimum Gasteiger partial charge on any atom is -0.399 e. The Morgan fingerprint density at radius 3 is 2.90 bits per heavy atom. The monoisotopic (exact) mass is 303 g/mol. The zero-order chi connectivity index (χ0) is 14.5. The van der Waals surface area contributed by atoms with Crippen molar-refractivity contribution in [3.05, 3.63) is 29.0 Å². The summed E-state index contributed by atoms with van der Waals surface area (Å²) in [7, 11) is 0. The summed E-state index contributed by atoms with van der Waals surface area (Å²) >= 11 is 6.02. The van der Waals surface area contributed by atoms with Gasteiger partial charge < -0.3 is 15.0 Å². The highest BCUT2D eigenvalue weighted by atomic mass is 35.5. The number of alkyl halides is 2. The third kappa shape index (κ3) is 3.88. The maximum atomic E-state index is 11.9. The van der Waals surface area contributed by atoms with Crippen LogP contribution in [0.4, 0.5) is 14.5 Å². The van der Waals surface area contributed by atoms with Crippen molar-refractivity contribution in [2.45, 2.75) is 12.8 Å². The largest absolute Gasteiger partial charge is 0.399 e. The number of anilines is 1. The van der Waals surface area contributed by atoms with Gasteiger partial charge in [0.2, 0.25) is 0 Å². The molecule has 0 radical (unpaired) electrons. The summed E-state index contributed by atoms with van der Waals surface area (Å²) in [6.45, 7) is -0.507. The molecule has 0 bridgehead atoms. The summed E-state index contributed by atoms with van der Waals surface area (Å²) in [6, 6.07) is 4.91. The van der Waals surface area contributed by atoms with E-state index >= 15 is 0 Å². The van der Waals surface area contributed by atoms with Crippen LogP contribution in [0.3, 0.4) is 0 Å². The van der Waals surface area contributed by atoms with Gasteiger partial charge in [0, 0.05) is 12.1 Å². The lowest BCUT2D eigenvalue weighted by Gasteiger charge is -2.00. The number of hydrogen-bond acceptors (Lipinski definition) is 5. The molecule has 0 atom stereocenters. The van der Waals surface area contributed by atoms with Crippen molar-refractivity contribution in [2.24, 2.45) is 0 Å². The molecule has 108 valence electrons. The quantitative estimate of drug-likeness (QED) is 0.656. The highest BCUT2D eigenvalue weighted by Gasteiger charge is 2.12. The van der Waals surface area contributed by atoms with Gasteiger partial charge in [-0.25, -0.2) is 8.78 Å². The van der Waals surface area contributed by atoms with Gasteiger partial charge in [0.05, 0.1) is 17.2 Å². The first-order chi connectivity index (χ1) is 9.56. The first-order valence-corrected chi connectivity index (χ1v) is 6.18. The second-order valence-electron chi connectivity index (χ2n) is 3.97. The fraction of sp³-hybridized carbons (Fsp3) is 0.333. The summed E-state index contributed by atoms with van der Waals surface area (Å²) in [5.74, 6) is 0.612. The molecule has 0 amide bonds. The van der Waals surface area contributed by atoms with Crippen LogP contribution >= 0.6 is 11.6 Å². The molecule has 8 heteroatoms. The normalized spacial score (nSPS) is 11.2. The Kier molecular flexibility index (Phi) is 4.86. The van der Waals surface area contributed by atoms with Crippen molar-refractivity contribution in [3.63, 3.8) is 0 Å². The molecule has 1 aromatic heterocycles. The van der Waals surface area contributed by atoms with E-state index in [-0.39, 0.29) is 18.9 Å². The van der Waals surface area contributed by atoms with Gasteiger partial charge in [0.1, 0.15) is 6.61 Å². The van der Waals surface area contributed by atoms with E-state index in [1.807, 2.05) is 0 Å². The van der Waals surface area contributed by atoms with Gasteiger partial charge >= 0.3 is 0 Å². The van der Waals surface area contributed by atoms with Gasteiger partial charge in [-0.3, -0.25) is 0 Å². The summed E-state index contributed by atoms with van der Waals surface area (Å²) in [6.07, 6.45) is -2.20. The predicted octanol–water partition coefficient (Wildman–Crippen LogP) is 2.80. The van der Waals surface area contributed by atoms with Gasteiger partial charge in [-0.2, -0.15) is 4.98 Å². The average Bonchev–Trinajstić information content (AvgIpc) is 2.83. The summed E-state index contributed by atoms with van der Waals surface area (Å²) < 4.78 is 33.5. The van der Waals surface area contributed by atoms with E-state index in [9.17, 15) is 8.78 Å². The number of rotatable bonds is 6. The Labute approximate surface area is 118 Å². The van der Waals surface area contributed by atoms with Crippen molar-refractivity contribution < 1.29 is 18.0 Å². The number of nitrogen functional groups attached to an aromatic ring is 1. The van der Waals surface area contributed by atoms with Crippen LogP contribution in [0.1, 0.15) is 5.82 Å². The van der Waals surface area contributed by atoms with Crippen LogP contribution < -0.4 is 5.73 Å². The molecule has 0 fully saturated rings. The van der Waals surface area contributed by atoms with E-state index in [0.29, 0.717) is 22.1 Å². The van der Waals surface area contributed by atoms with Crippen LogP contribution in [0.25, 0.3) is 11.5 Å². The van der Waals surface area contributed by atoms with Crippen LogP contribution in [0.2, 0.25) is 5.02 Å². The predicted molar refractivity (Wildman–Crippen MR) is 69.7 cm³/mol. The average molecular weight is 304 g/mol. The second kappa shape index (κ2) is 6.62. The van der Waals surface area contributed by atoms with Crippen LogP contribution in [0.5, 0.6) is 0 Å². The van der Waals surface area contributed by atoms with Crippen molar-refractivity contribution >= 4 is 17.3 Å². The highest BCUT2D eigenvalue weighted by molar-refractivity contribution is 6.33. The lowest BCUT2D eigenvalue weighted by Crippen LogP contribution is -2.07. The van der Waals surface area contributed by atoms with Gasteiger partial charge in [-0.15, -0.1) is 0 Å². The molecule has 2 N–H and O–H groups in total. The van der Waals surface area contributed by atoms with Crippen molar-refractivity contribution in [3.8, 4) is 11.5 Å². The summed E-state index contributed by atoms with van der Waals surface area (Å²) in [5, 5.41) is 4.13. The minimum atomic E-state index is -2.48. The van der Waals surface area contributed by atoms with Crippen LogP contribution in [-0.2, 0) is 11.2 Å². The van der Waals surface area contributed by atoms with Crippen LogP contribution in [0, 0.1) is 0 Å². The fourth-order valence-corrected chi connectivity index (χ4v) is 1.78. The number of benzene rings is 1. The van der Waals surface area contributed by atoms with Gasteiger partial charge in [-0.1, -0.05) is 16.8 Å². The molecule has 1 aromatic carbocycles. The SMILES string of the molecule is Nc1ccc(-c2nc(CCOCC(F)F)no2)c(Cl)c1. The van der Waals surface area contributed by atoms with E-state index in [1.165, 1.54) is 0 Å². The topological polar surface area (TPSA) is 74.2 Å². The molecule has 0 saturated carbocycles. The van der Waals surface area contributed by atoms with E-state index < -0.39 is 13.0 Å². The van der Waals surface area contributed by atoms with E-state index in [0.717, 1.165) is 0 Å². The van der Waals surface area contributed by atoms with Gasteiger partial charge in [0.25, 0.3) is 12.3 Å². The standard InChI is InChI=1S/C12H12ClF2N3O2/c13-9-5-7(16)1-2-8(9)12-17-11(18-20-12)3-4-19-6-10(14)15/h1-2,5,10H,3-4,6,16H2. The number of ether oxygens (including phenoxy) is 1. The van der Waals surface area contributed by atoms with Crippen LogP contribution in [0.15, 0.2) is 22.7 Å².